The van der Waals surface area contributed by atoms with Gasteiger partial charge in [0.2, 0.25) is 0 Å². The van der Waals surface area contributed by atoms with Gasteiger partial charge in [-0.25, -0.2) is 9.97 Å². The van der Waals surface area contributed by atoms with Crippen LogP contribution in [-0.4, -0.2) is 43.8 Å². The number of fused-ring (bicyclic) bond motifs is 1. The molecule has 0 amide bonds. The molecule has 114 valence electrons. The first-order valence-electron chi connectivity index (χ1n) is 7.89. The highest BCUT2D eigenvalue weighted by molar-refractivity contribution is 5.86. The van der Waals surface area contributed by atoms with E-state index in [2.05, 4.69) is 29.2 Å². The second-order valence-electron chi connectivity index (χ2n) is 5.73. The summed E-state index contributed by atoms with van der Waals surface area (Å²) >= 11 is 0. The zero-order chi connectivity index (χ0) is 14.8. The molecule has 1 N–H and O–H groups in total. The molecule has 1 saturated carbocycles. The number of anilines is 1. The van der Waals surface area contributed by atoms with E-state index in [4.69, 9.17) is 9.97 Å². The van der Waals surface area contributed by atoms with Crippen LogP contribution in [0.4, 0.5) is 5.82 Å². The zero-order valence-corrected chi connectivity index (χ0v) is 13.1. The van der Waals surface area contributed by atoms with Crippen molar-refractivity contribution in [1.82, 2.24) is 24.6 Å². The molecule has 0 bridgehead atoms. The van der Waals surface area contributed by atoms with Gasteiger partial charge in [0.1, 0.15) is 11.6 Å². The molecule has 2 aromatic rings. The molecule has 0 radical (unpaired) electrons. The quantitative estimate of drug-likeness (QED) is 0.846. The number of aryl methyl sites for hydroxylation is 1. The summed E-state index contributed by atoms with van der Waals surface area (Å²) in [7, 11) is 1.93. The lowest BCUT2D eigenvalue weighted by molar-refractivity contribution is 0.249. The van der Waals surface area contributed by atoms with Gasteiger partial charge in [-0.1, -0.05) is 6.92 Å². The van der Waals surface area contributed by atoms with E-state index in [1.807, 2.05) is 17.9 Å². The zero-order valence-electron chi connectivity index (χ0n) is 13.1. The second-order valence-corrected chi connectivity index (χ2v) is 5.73. The molecule has 21 heavy (non-hydrogen) atoms. The predicted octanol–water partition coefficient (Wildman–Crippen LogP) is 2.17. The first-order valence-corrected chi connectivity index (χ1v) is 7.89. The third-order valence-corrected chi connectivity index (χ3v) is 3.90. The van der Waals surface area contributed by atoms with Crippen molar-refractivity contribution in [3.63, 3.8) is 0 Å². The van der Waals surface area contributed by atoms with Gasteiger partial charge in [-0.05, 0) is 32.7 Å². The van der Waals surface area contributed by atoms with E-state index in [-0.39, 0.29) is 0 Å². The van der Waals surface area contributed by atoms with Crippen molar-refractivity contribution in [2.45, 2.75) is 45.7 Å². The molecule has 0 aliphatic heterocycles. The fourth-order valence-corrected chi connectivity index (χ4v) is 2.74. The van der Waals surface area contributed by atoms with E-state index < -0.39 is 0 Å². The number of hydrogen-bond acceptors (Lipinski definition) is 5. The van der Waals surface area contributed by atoms with Crippen LogP contribution >= 0.6 is 0 Å². The molecule has 0 atom stereocenters. The maximum Gasteiger partial charge on any atom is 0.163 e. The van der Waals surface area contributed by atoms with Crippen LogP contribution in [-0.2, 0) is 13.6 Å². The third-order valence-electron chi connectivity index (χ3n) is 3.90. The van der Waals surface area contributed by atoms with Gasteiger partial charge in [0.05, 0.1) is 18.1 Å². The SMILES string of the molecule is CCCN(Cc1nc(NCC)c2cnn(C)c2n1)C1CC1. The van der Waals surface area contributed by atoms with E-state index in [0.29, 0.717) is 0 Å². The molecule has 2 aromatic heterocycles. The van der Waals surface area contributed by atoms with E-state index in [0.717, 1.165) is 48.4 Å². The van der Waals surface area contributed by atoms with Crippen molar-refractivity contribution in [2.75, 3.05) is 18.4 Å². The Balaban J connectivity index is 1.91. The molecular formula is C15H24N6. The Morgan fingerprint density at radius 1 is 1.33 bits per heavy atom. The van der Waals surface area contributed by atoms with Crippen LogP contribution < -0.4 is 5.32 Å². The molecule has 0 spiro atoms. The fraction of sp³-hybridized carbons (Fsp3) is 0.667. The van der Waals surface area contributed by atoms with E-state index in [1.54, 1.807) is 0 Å². The van der Waals surface area contributed by atoms with Gasteiger partial charge in [-0.15, -0.1) is 0 Å². The van der Waals surface area contributed by atoms with Gasteiger partial charge in [-0.2, -0.15) is 5.10 Å². The van der Waals surface area contributed by atoms with Crippen molar-refractivity contribution in [3.8, 4) is 0 Å². The summed E-state index contributed by atoms with van der Waals surface area (Å²) < 4.78 is 1.82. The molecule has 1 fully saturated rings. The van der Waals surface area contributed by atoms with Crippen LogP contribution in [0.2, 0.25) is 0 Å². The lowest BCUT2D eigenvalue weighted by Crippen LogP contribution is -2.27. The summed E-state index contributed by atoms with van der Waals surface area (Å²) in [5.41, 5.74) is 0.906. The molecule has 6 heteroatoms. The average Bonchev–Trinajstić information content (AvgIpc) is 3.24. The lowest BCUT2D eigenvalue weighted by Gasteiger charge is -2.20. The summed E-state index contributed by atoms with van der Waals surface area (Å²) in [5, 5.41) is 8.63. The Hall–Kier alpha value is -1.69. The fourth-order valence-electron chi connectivity index (χ4n) is 2.74. The normalized spacial score (nSPS) is 15.0. The number of nitrogens with zero attached hydrogens (tertiary/aromatic N) is 5. The van der Waals surface area contributed by atoms with Gasteiger partial charge in [0.15, 0.2) is 5.65 Å². The molecular weight excluding hydrogens is 264 g/mol. The van der Waals surface area contributed by atoms with Crippen molar-refractivity contribution < 1.29 is 0 Å². The van der Waals surface area contributed by atoms with Gasteiger partial charge in [0.25, 0.3) is 0 Å². The topological polar surface area (TPSA) is 58.9 Å². The van der Waals surface area contributed by atoms with Crippen LogP contribution in [0, 0.1) is 0 Å². The predicted molar refractivity (Wildman–Crippen MR) is 84.2 cm³/mol. The Morgan fingerprint density at radius 3 is 2.81 bits per heavy atom. The lowest BCUT2D eigenvalue weighted by atomic mass is 10.3. The smallest absolute Gasteiger partial charge is 0.163 e. The number of hydrogen-bond donors (Lipinski definition) is 1. The van der Waals surface area contributed by atoms with Crippen molar-refractivity contribution in [3.05, 3.63) is 12.0 Å². The molecule has 3 rings (SSSR count). The molecule has 6 nitrogen and oxygen atoms in total. The van der Waals surface area contributed by atoms with Gasteiger partial charge >= 0.3 is 0 Å². The monoisotopic (exact) mass is 288 g/mol. The van der Waals surface area contributed by atoms with Gasteiger partial charge in [0, 0.05) is 19.6 Å². The largest absolute Gasteiger partial charge is 0.370 e. The van der Waals surface area contributed by atoms with E-state index in [9.17, 15) is 0 Å². The van der Waals surface area contributed by atoms with Crippen molar-refractivity contribution in [2.24, 2.45) is 7.05 Å². The third kappa shape index (κ3) is 3.00. The molecule has 0 unspecified atom stereocenters. The van der Waals surface area contributed by atoms with E-state index in [1.165, 1.54) is 19.3 Å². The summed E-state index contributed by atoms with van der Waals surface area (Å²) in [6.07, 6.45) is 5.63. The second kappa shape index (κ2) is 5.97. The maximum atomic E-state index is 4.72. The maximum absolute atomic E-state index is 4.72. The number of rotatable bonds is 7. The first-order chi connectivity index (χ1) is 10.2. The van der Waals surface area contributed by atoms with Crippen LogP contribution in [0.25, 0.3) is 11.0 Å². The Labute approximate surface area is 125 Å². The van der Waals surface area contributed by atoms with Crippen LogP contribution in [0.5, 0.6) is 0 Å². The van der Waals surface area contributed by atoms with Gasteiger partial charge in [-0.3, -0.25) is 9.58 Å². The first kappa shape index (κ1) is 14.3. The highest BCUT2D eigenvalue weighted by atomic mass is 15.3. The Morgan fingerprint density at radius 2 is 2.14 bits per heavy atom. The minimum absolute atomic E-state index is 0.735. The standard InChI is InChI=1S/C15H24N6/c1-4-8-21(11-6-7-11)10-13-18-14(16-5-2)12-9-17-20(3)15(12)19-13/h9,11H,4-8,10H2,1-3H3,(H,16,18,19). The molecule has 1 aliphatic carbocycles. The summed E-state index contributed by atoms with van der Waals surface area (Å²) in [4.78, 5) is 11.9. The van der Waals surface area contributed by atoms with Crippen molar-refractivity contribution >= 4 is 16.9 Å². The average molecular weight is 288 g/mol. The summed E-state index contributed by atoms with van der Waals surface area (Å²) in [6, 6.07) is 0.735. The Kier molecular flexibility index (Phi) is 4.05. The number of nitrogens with one attached hydrogen (secondary N) is 1. The minimum atomic E-state index is 0.735. The molecule has 1 aliphatic rings. The highest BCUT2D eigenvalue weighted by Gasteiger charge is 2.29. The molecule has 0 saturated heterocycles. The number of aromatic nitrogens is 4. The highest BCUT2D eigenvalue weighted by Crippen LogP contribution is 2.28. The summed E-state index contributed by atoms with van der Waals surface area (Å²) in [5.74, 6) is 1.79. The van der Waals surface area contributed by atoms with Gasteiger partial charge < -0.3 is 5.32 Å². The van der Waals surface area contributed by atoms with E-state index >= 15 is 0 Å². The minimum Gasteiger partial charge on any atom is -0.370 e. The van der Waals surface area contributed by atoms with Crippen LogP contribution in [0.15, 0.2) is 6.20 Å². The van der Waals surface area contributed by atoms with Crippen LogP contribution in [0.3, 0.4) is 0 Å². The van der Waals surface area contributed by atoms with Crippen LogP contribution in [0.1, 0.15) is 38.9 Å². The molecule has 0 aromatic carbocycles. The summed E-state index contributed by atoms with van der Waals surface area (Å²) in [6.45, 7) is 7.11. The molecule has 2 heterocycles. The van der Waals surface area contributed by atoms with Crippen molar-refractivity contribution in [1.29, 1.82) is 0 Å². The Bertz CT molecular complexity index is 616.